The van der Waals surface area contributed by atoms with Crippen LogP contribution in [0.3, 0.4) is 0 Å². The first-order chi connectivity index (χ1) is 15.0. The molecular weight excluding hydrogens is 394 g/mol. The monoisotopic (exact) mass is 427 g/mol. The highest BCUT2D eigenvalue weighted by atomic mass is 16.5. The summed E-state index contributed by atoms with van der Waals surface area (Å²) in [5.74, 6) is -1.08. The molecule has 2 rings (SSSR count). The standard InChI is InChI=1S/C25H33NO5/c1-4-13-21(24(28)30-5-2)26(18-19-14-9-7-10-15-19)22(20-16-11-8-12-17-20)23(27)25(29)31-6-3/h7-12,14-17,21-23,27H,4-6,13,18H2,1-3H3/t21?,22-,23-/m1/s1. The van der Waals surface area contributed by atoms with Crippen LogP contribution >= 0.6 is 0 Å². The highest BCUT2D eigenvalue weighted by Crippen LogP contribution is 2.31. The maximum Gasteiger partial charge on any atom is 0.336 e. The van der Waals surface area contributed by atoms with Crippen LogP contribution in [-0.2, 0) is 25.6 Å². The van der Waals surface area contributed by atoms with Crippen molar-refractivity contribution < 1.29 is 24.2 Å². The number of carbonyl (C=O) groups is 2. The van der Waals surface area contributed by atoms with E-state index in [2.05, 4.69) is 0 Å². The number of carbonyl (C=O) groups excluding carboxylic acids is 2. The molecule has 0 heterocycles. The van der Waals surface area contributed by atoms with Gasteiger partial charge in [-0.1, -0.05) is 74.0 Å². The van der Waals surface area contributed by atoms with E-state index in [1.807, 2.05) is 72.5 Å². The summed E-state index contributed by atoms with van der Waals surface area (Å²) < 4.78 is 10.5. The molecular formula is C25H33NO5. The van der Waals surface area contributed by atoms with Crippen LogP contribution in [-0.4, -0.2) is 47.3 Å². The number of nitrogens with zero attached hydrogens (tertiary/aromatic N) is 1. The summed E-state index contributed by atoms with van der Waals surface area (Å²) >= 11 is 0. The van der Waals surface area contributed by atoms with E-state index in [-0.39, 0.29) is 19.2 Å². The maximum absolute atomic E-state index is 13.0. The molecule has 0 aliphatic heterocycles. The van der Waals surface area contributed by atoms with E-state index < -0.39 is 24.2 Å². The fourth-order valence-electron chi connectivity index (χ4n) is 3.69. The van der Waals surface area contributed by atoms with Crippen LogP contribution in [0.1, 0.15) is 50.8 Å². The van der Waals surface area contributed by atoms with Crippen LogP contribution in [0.15, 0.2) is 60.7 Å². The van der Waals surface area contributed by atoms with Gasteiger partial charge in [-0.05, 0) is 31.4 Å². The van der Waals surface area contributed by atoms with Crippen molar-refractivity contribution in [2.75, 3.05) is 13.2 Å². The van der Waals surface area contributed by atoms with E-state index in [1.165, 1.54) is 0 Å². The molecule has 0 saturated heterocycles. The van der Waals surface area contributed by atoms with Gasteiger partial charge in [-0.3, -0.25) is 9.69 Å². The molecule has 31 heavy (non-hydrogen) atoms. The third-order valence-corrected chi connectivity index (χ3v) is 5.05. The molecule has 168 valence electrons. The van der Waals surface area contributed by atoms with Crippen molar-refractivity contribution in [1.29, 1.82) is 0 Å². The maximum atomic E-state index is 13.0. The summed E-state index contributed by atoms with van der Waals surface area (Å²) in [7, 11) is 0. The largest absolute Gasteiger partial charge is 0.465 e. The number of benzene rings is 2. The zero-order valence-corrected chi connectivity index (χ0v) is 18.6. The van der Waals surface area contributed by atoms with Gasteiger partial charge in [-0.15, -0.1) is 0 Å². The van der Waals surface area contributed by atoms with Crippen LogP contribution in [0.5, 0.6) is 0 Å². The van der Waals surface area contributed by atoms with E-state index in [1.54, 1.807) is 13.8 Å². The highest BCUT2D eigenvalue weighted by molar-refractivity contribution is 5.77. The molecule has 6 nitrogen and oxygen atoms in total. The SMILES string of the molecule is CCCC(C(=O)OCC)N(Cc1ccccc1)[C@H](c1ccccc1)[C@@H](O)C(=O)OCC. The zero-order valence-electron chi connectivity index (χ0n) is 18.6. The molecule has 0 aromatic heterocycles. The average molecular weight is 428 g/mol. The Bertz CT molecular complexity index is 796. The normalized spacial score (nSPS) is 14.0. The quantitative estimate of drug-likeness (QED) is 0.518. The van der Waals surface area contributed by atoms with Gasteiger partial charge in [0.15, 0.2) is 6.10 Å². The molecule has 1 N–H and O–H groups in total. The number of esters is 2. The Morgan fingerprint density at radius 3 is 1.97 bits per heavy atom. The molecule has 2 aromatic carbocycles. The Balaban J connectivity index is 2.57. The van der Waals surface area contributed by atoms with Crippen LogP contribution in [0.4, 0.5) is 0 Å². The van der Waals surface area contributed by atoms with Gasteiger partial charge in [-0.25, -0.2) is 4.79 Å². The third kappa shape index (κ3) is 6.91. The summed E-state index contributed by atoms with van der Waals surface area (Å²) in [6.45, 7) is 6.24. The van der Waals surface area contributed by atoms with Crippen molar-refractivity contribution >= 4 is 11.9 Å². The molecule has 0 bridgehead atoms. The molecule has 0 amide bonds. The molecule has 3 atom stereocenters. The van der Waals surface area contributed by atoms with Gasteiger partial charge in [0.2, 0.25) is 0 Å². The second kappa shape index (κ2) is 12.9. The summed E-state index contributed by atoms with van der Waals surface area (Å²) in [5.41, 5.74) is 1.69. The van der Waals surface area contributed by atoms with Gasteiger partial charge in [-0.2, -0.15) is 0 Å². The van der Waals surface area contributed by atoms with E-state index in [9.17, 15) is 14.7 Å². The minimum absolute atomic E-state index is 0.159. The molecule has 0 radical (unpaired) electrons. The Morgan fingerprint density at radius 2 is 1.42 bits per heavy atom. The molecule has 0 fully saturated rings. The van der Waals surface area contributed by atoms with Gasteiger partial charge in [0, 0.05) is 6.54 Å². The first kappa shape index (κ1) is 24.6. The molecule has 0 spiro atoms. The number of hydrogen-bond donors (Lipinski definition) is 1. The summed E-state index contributed by atoms with van der Waals surface area (Å²) in [4.78, 5) is 27.4. The van der Waals surface area contributed by atoms with Gasteiger partial charge >= 0.3 is 11.9 Å². The fraction of sp³-hybridized carbons (Fsp3) is 0.440. The van der Waals surface area contributed by atoms with Crippen molar-refractivity contribution in [2.24, 2.45) is 0 Å². The van der Waals surface area contributed by atoms with Gasteiger partial charge in [0.1, 0.15) is 6.04 Å². The lowest BCUT2D eigenvalue weighted by atomic mass is 9.95. The van der Waals surface area contributed by atoms with Crippen molar-refractivity contribution in [3.05, 3.63) is 71.8 Å². The number of rotatable bonds is 12. The first-order valence-electron chi connectivity index (χ1n) is 10.9. The molecule has 6 heteroatoms. The van der Waals surface area contributed by atoms with Crippen LogP contribution in [0, 0.1) is 0 Å². The average Bonchev–Trinajstić information content (AvgIpc) is 2.78. The van der Waals surface area contributed by atoms with E-state index in [0.29, 0.717) is 13.0 Å². The van der Waals surface area contributed by atoms with Crippen LogP contribution in [0.25, 0.3) is 0 Å². The van der Waals surface area contributed by atoms with Gasteiger partial charge < -0.3 is 14.6 Å². The summed E-state index contributed by atoms with van der Waals surface area (Å²) in [6, 6.07) is 17.5. The number of hydrogen-bond acceptors (Lipinski definition) is 6. The minimum atomic E-state index is -1.46. The minimum Gasteiger partial charge on any atom is -0.465 e. The number of aliphatic hydroxyl groups excluding tert-OH is 1. The van der Waals surface area contributed by atoms with E-state index in [4.69, 9.17) is 9.47 Å². The zero-order chi connectivity index (χ0) is 22.6. The second-order valence-corrected chi connectivity index (χ2v) is 7.27. The first-order valence-corrected chi connectivity index (χ1v) is 10.9. The van der Waals surface area contributed by atoms with Crippen molar-refractivity contribution in [3.8, 4) is 0 Å². The highest BCUT2D eigenvalue weighted by Gasteiger charge is 2.39. The summed E-state index contributed by atoms with van der Waals surface area (Å²) in [5, 5.41) is 11.1. The molecule has 2 aromatic rings. The van der Waals surface area contributed by atoms with Crippen molar-refractivity contribution in [3.63, 3.8) is 0 Å². The molecule has 0 aliphatic rings. The number of aliphatic hydroxyl groups is 1. The van der Waals surface area contributed by atoms with Gasteiger partial charge in [0.25, 0.3) is 0 Å². The third-order valence-electron chi connectivity index (χ3n) is 5.05. The molecule has 0 aliphatic carbocycles. The summed E-state index contributed by atoms with van der Waals surface area (Å²) in [6.07, 6.45) is -0.184. The lowest BCUT2D eigenvalue weighted by Crippen LogP contribution is -2.49. The predicted molar refractivity (Wildman–Crippen MR) is 119 cm³/mol. The Morgan fingerprint density at radius 1 is 0.871 bits per heavy atom. The van der Waals surface area contributed by atoms with Gasteiger partial charge in [0.05, 0.1) is 19.3 Å². The van der Waals surface area contributed by atoms with E-state index in [0.717, 1.165) is 17.5 Å². The second-order valence-electron chi connectivity index (χ2n) is 7.27. The predicted octanol–water partition coefficient (Wildman–Crippen LogP) is 3.89. The Kier molecular flexibility index (Phi) is 10.2. The lowest BCUT2D eigenvalue weighted by Gasteiger charge is -2.38. The van der Waals surface area contributed by atoms with Crippen molar-refractivity contribution in [1.82, 2.24) is 4.90 Å². The van der Waals surface area contributed by atoms with Crippen molar-refractivity contribution in [2.45, 2.75) is 58.3 Å². The molecule has 1 unspecified atom stereocenters. The van der Waals surface area contributed by atoms with E-state index >= 15 is 0 Å². The topological polar surface area (TPSA) is 76.1 Å². The Hall–Kier alpha value is -2.70. The lowest BCUT2D eigenvalue weighted by molar-refractivity contribution is -0.163. The fourth-order valence-corrected chi connectivity index (χ4v) is 3.69. The Labute approximate surface area is 184 Å². The van der Waals surface area contributed by atoms with Crippen LogP contribution < -0.4 is 0 Å². The van der Waals surface area contributed by atoms with Crippen LogP contribution in [0.2, 0.25) is 0 Å². The number of ether oxygens (including phenoxy) is 2. The smallest absolute Gasteiger partial charge is 0.336 e. The molecule has 0 saturated carbocycles.